The van der Waals surface area contributed by atoms with Crippen molar-refractivity contribution < 1.29 is 0 Å². The van der Waals surface area contributed by atoms with Crippen LogP contribution >= 0.6 is 0 Å². The molecule has 0 saturated heterocycles. The van der Waals surface area contributed by atoms with E-state index in [4.69, 9.17) is 16.4 Å². The van der Waals surface area contributed by atoms with Crippen molar-refractivity contribution in [2.45, 2.75) is 19.3 Å². The van der Waals surface area contributed by atoms with Crippen LogP contribution in [0.15, 0.2) is 47.5 Å². The average molecular weight is 228 g/mol. The molecule has 0 aromatic heterocycles. The van der Waals surface area contributed by atoms with Gasteiger partial charge in [-0.3, -0.25) is 0 Å². The Balaban J connectivity index is 2.65. The van der Waals surface area contributed by atoms with Gasteiger partial charge in [-0.05, 0) is 30.9 Å². The minimum Gasteiger partial charge on any atom is -0.386 e. The third-order valence-corrected chi connectivity index (χ3v) is 2.44. The first-order valence-corrected chi connectivity index (χ1v) is 5.35. The average Bonchev–Trinajstić information content (AvgIpc) is 2.35. The molecule has 0 aliphatic heterocycles. The summed E-state index contributed by atoms with van der Waals surface area (Å²) in [5, 5.41) is 18.8. The SMILES string of the molecule is C=C(N)N/C=C(\C=N)CC1=CC=C(C#N)CC1. The Morgan fingerprint density at radius 2 is 2.35 bits per heavy atom. The van der Waals surface area contributed by atoms with Gasteiger partial charge >= 0.3 is 0 Å². The molecule has 17 heavy (non-hydrogen) atoms. The molecule has 0 radical (unpaired) electrons. The molecular formula is C13H16N4. The van der Waals surface area contributed by atoms with Crippen LogP contribution in [0.25, 0.3) is 0 Å². The van der Waals surface area contributed by atoms with Gasteiger partial charge in [-0.15, -0.1) is 0 Å². The van der Waals surface area contributed by atoms with Crippen LogP contribution in [-0.2, 0) is 0 Å². The highest BCUT2D eigenvalue weighted by Crippen LogP contribution is 2.22. The molecule has 4 nitrogen and oxygen atoms in total. The fourth-order valence-corrected chi connectivity index (χ4v) is 1.51. The fraction of sp³-hybridized carbons (Fsp3) is 0.231. The van der Waals surface area contributed by atoms with E-state index in [1.54, 1.807) is 6.20 Å². The number of nitrogens with zero attached hydrogens (tertiary/aromatic N) is 1. The predicted octanol–water partition coefficient (Wildman–Crippen LogP) is 2.10. The van der Waals surface area contributed by atoms with Crippen LogP contribution in [0, 0.1) is 16.7 Å². The molecule has 4 heteroatoms. The molecule has 0 aromatic rings. The molecule has 0 bridgehead atoms. The summed E-state index contributed by atoms with van der Waals surface area (Å²) >= 11 is 0. The second-order valence-electron chi connectivity index (χ2n) is 3.84. The summed E-state index contributed by atoms with van der Waals surface area (Å²) in [6.45, 7) is 3.52. The van der Waals surface area contributed by atoms with Gasteiger partial charge in [0.25, 0.3) is 0 Å². The smallest absolute Gasteiger partial charge is 0.0947 e. The van der Waals surface area contributed by atoms with E-state index in [1.807, 2.05) is 12.2 Å². The fourth-order valence-electron chi connectivity index (χ4n) is 1.51. The molecule has 0 spiro atoms. The lowest BCUT2D eigenvalue weighted by Gasteiger charge is -2.11. The van der Waals surface area contributed by atoms with Gasteiger partial charge in [0.05, 0.1) is 11.9 Å². The van der Waals surface area contributed by atoms with E-state index in [-0.39, 0.29) is 0 Å². The Labute approximate surface area is 101 Å². The third kappa shape index (κ3) is 4.39. The molecule has 0 aromatic carbocycles. The lowest BCUT2D eigenvalue weighted by molar-refractivity contribution is 0.888. The van der Waals surface area contributed by atoms with Gasteiger partial charge in [-0.2, -0.15) is 5.26 Å². The van der Waals surface area contributed by atoms with Gasteiger partial charge in [0, 0.05) is 18.0 Å². The molecule has 1 aliphatic carbocycles. The maximum absolute atomic E-state index is 8.72. The zero-order valence-corrected chi connectivity index (χ0v) is 9.66. The first kappa shape index (κ1) is 12.8. The van der Waals surface area contributed by atoms with Gasteiger partial charge in [-0.25, -0.2) is 0 Å². The summed E-state index contributed by atoms with van der Waals surface area (Å²) in [4.78, 5) is 0. The summed E-state index contributed by atoms with van der Waals surface area (Å²) in [7, 11) is 0. The lowest BCUT2D eigenvalue weighted by atomic mass is 9.94. The summed E-state index contributed by atoms with van der Waals surface area (Å²) in [6, 6.07) is 2.15. The molecule has 4 N–H and O–H groups in total. The molecule has 88 valence electrons. The topological polar surface area (TPSA) is 85.7 Å². The van der Waals surface area contributed by atoms with E-state index in [0.29, 0.717) is 12.2 Å². The van der Waals surface area contributed by atoms with Crippen LogP contribution in [0.5, 0.6) is 0 Å². The number of hydrogen-bond donors (Lipinski definition) is 3. The van der Waals surface area contributed by atoms with Crippen molar-refractivity contribution in [1.82, 2.24) is 5.32 Å². The molecular weight excluding hydrogens is 212 g/mol. The van der Waals surface area contributed by atoms with Crippen LogP contribution in [0.1, 0.15) is 19.3 Å². The Bertz CT molecular complexity index is 447. The molecule has 0 amide bonds. The minimum absolute atomic E-state index is 0.355. The van der Waals surface area contributed by atoms with Gasteiger partial charge in [0.1, 0.15) is 0 Å². The van der Waals surface area contributed by atoms with E-state index in [9.17, 15) is 0 Å². The predicted molar refractivity (Wildman–Crippen MR) is 69.0 cm³/mol. The summed E-state index contributed by atoms with van der Waals surface area (Å²) in [5.41, 5.74) is 8.23. The monoisotopic (exact) mass is 228 g/mol. The van der Waals surface area contributed by atoms with Crippen molar-refractivity contribution in [3.05, 3.63) is 47.5 Å². The van der Waals surface area contributed by atoms with E-state index in [2.05, 4.69) is 18.0 Å². The van der Waals surface area contributed by atoms with Crippen molar-refractivity contribution in [3.63, 3.8) is 0 Å². The van der Waals surface area contributed by atoms with Crippen molar-refractivity contribution in [2.24, 2.45) is 5.73 Å². The van der Waals surface area contributed by atoms with Crippen molar-refractivity contribution >= 4 is 6.21 Å². The van der Waals surface area contributed by atoms with E-state index < -0.39 is 0 Å². The van der Waals surface area contributed by atoms with Crippen LogP contribution < -0.4 is 11.1 Å². The van der Waals surface area contributed by atoms with Gasteiger partial charge in [0.2, 0.25) is 0 Å². The van der Waals surface area contributed by atoms with Crippen LogP contribution in [-0.4, -0.2) is 6.21 Å². The molecule has 0 unspecified atom stereocenters. The van der Waals surface area contributed by atoms with Gasteiger partial charge in [-0.1, -0.05) is 18.2 Å². The number of rotatable bonds is 5. The highest BCUT2D eigenvalue weighted by Gasteiger charge is 2.07. The molecule has 1 rings (SSSR count). The zero-order chi connectivity index (χ0) is 12.7. The second-order valence-corrected chi connectivity index (χ2v) is 3.84. The molecule has 0 saturated carbocycles. The zero-order valence-electron chi connectivity index (χ0n) is 9.66. The number of nitrogens with two attached hydrogens (primary N) is 1. The van der Waals surface area contributed by atoms with Crippen molar-refractivity contribution in [2.75, 3.05) is 0 Å². The quantitative estimate of drug-likeness (QED) is 0.630. The standard InChI is InChI=1S/C13H16N4/c1-10(16)17-9-13(8-15)6-11-2-4-12(7-14)5-3-11/h2,4,8-9,15,17H,1,3,5-6,16H2/b13-9-,15-8?. The van der Waals surface area contributed by atoms with Gasteiger partial charge < -0.3 is 16.5 Å². The third-order valence-electron chi connectivity index (χ3n) is 2.44. The van der Waals surface area contributed by atoms with Crippen molar-refractivity contribution in [3.8, 4) is 6.07 Å². The molecule has 0 heterocycles. The molecule has 0 fully saturated rings. The maximum atomic E-state index is 8.72. The van der Waals surface area contributed by atoms with E-state index in [0.717, 1.165) is 24.0 Å². The number of nitrogens with one attached hydrogen (secondary N) is 2. The second kappa shape index (κ2) is 6.33. The highest BCUT2D eigenvalue weighted by atomic mass is 15.0. The first-order valence-electron chi connectivity index (χ1n) is 5.35. The molecule has 1 aliphatic rings. The van der Waals surface area contributed by atoms with Crippen LogP contribution in [0.4, 0.5) is 0 Å². The number of hydrogen-bond acceptors (Lipinski definition) is 4. The summed E-state index contributed by atoms with van der Waals surface area (Å²) < 4.78 is 0. The van der Waals surface area contributed by atoms with Crippen molar-refractivity contribution in [1.29, 1.82) is 10.7 Å². The van der Waals surface area contributed by atoms with Gasteiger partial charge in [0.15, 0.2) is 0 Å². The van der Waals surface area contributed by atoms with E-state index >= 15 is 0 Å². The molecule has 0 atom stereocenters. The summed E-state index contributed by atoms with van der Waals surface area (Å²) in [6.07, 6.45) is 9.12. The van der Waals surface area contributed by atoms with E-state index in [1.165, 1.54) is 11.8 Å². The normalized spacial score (nSPS) is 15.4. The van der Waals surface area contributed by atoms with Crippen LogP contribution in [0.3, 0.4) is 0 Å². The Kier molecular flexibility index (Phi) is 4.77. The minimum atomic E-state index is 0.355. The Hall–Kier alpha value is -2.28. The maximum Gasteiger partial charge on any atom is 0.0947 e. The highest BCUT2D eigenvalue weighted by molar-refractivity contribution is 5.76. The lowest BCUT2D eigenvalue weighted by Crippen LogP contribution is -2.13. The van der Waals surface area contributed by atoms with Crippen LogP contribution in [0.2, 0.25) is 0 Å². The first-order chi connectivity index (χ1) is 8.15. The Morgan fingerprint density at radius 1 is 1.59 bits per heavy atom. The number of nitriles is 1. The largest absolute Gasteiger partial charge is 0.386 e. The summed E-state index contributed by atoms with van der Waals surface area (Å²) in [5.74, 6) is 0.355. The number of allylic oxidation sites excluding steroid dienone is 5. The Morgan fingerprint density at radius 3 is 2.82 bits per heavy atom.